The number of aromatic nitrogens is 1. The molecular formula is C76H59Br2N3. The number of halogens is 2. The van der Waals surface area contributed by atoms with Crippen molar-refractivity contribution in [3.63, 3.8) is 0 Å². The molecule has 1 aromatic heterocycles. The van der Waals surface area contributed by atoms with Gasteiger partial charge < -0.3 is 14.4 Å². The zero-order chi connectivity index (χ0) is 54.8. The predicted molar refractivity (Wildman–Crippen MR) is 353 cm³/mol. The van der Waals surface area contributed by atoms with Gasteiger partial charge in [-0.2, -0.15) is 0 Å². The van der Waals surface area contributed by atoms with Crippen molar-refractivity contribution in [2.75, 3.05) is 9.80 Å². The monoisotopic (exact) mass is 1170 g/mol. The fourth-order valence-electron chi connectivity index (χ4n) is 11.8. The third-order valence-electron chi connectivity index (χ3n) is 15.7. The lowest BCUT2D eigenvalue weighted by molar-refractivity contribution is 0.922. The SMILES string of the molecule is CCCc1ccc(-c2ccc(N(c3ccc(-c4cccc(Br)c4)cc3)c3ccc4c5c6ccccc6c(N(c6ccc(-c7ccc(CCC)cc7)cc6)c6ccc(-c7cccc(Br)c7)cc6)cc5n(-c5ccccc5)c4c3)cc2)cc1. The van der Waals surface area contributed by atoms with E-state index in [-0.39, 0.29) is 0 Å². The van der Waals surface area contributed by atoms with Crippen molar-refractivity contribution in [3.05, 3.63) is 293 Å². The molecule has 0 fully saturated rings. The summed E-state index contributed by atoms with van der Waals surface area (Å²) in [5.41, 5.74) is 22.0. The number of benzene rings is 12. The Bertz CT molecular complexity index is 4340. The smallest absolute Gasteiger partial charge is 0.0568 e. The van der Waals surface area contributed by atoms with Crippen molar-refractivity contribution in [1.29, 1.82) is 0 Å². The summed E-state index contributed by atoms with van der Waals surface area (Å²) >= 11 is 7.42. The van der Waals surface area contributed by atoms with E-state index in [9.17, 15) is 0 Å². The Morgan fingerprint density at radius 2 is 0.716 bits per heavy atom. The van der Waals surface area contributed by atoms with E-state index in [1.54, 1.807) is 0 Å². The van der Waals surface area contributed by atoms with Crippen molar-refractivity contribution in [3.8, 4) is 50.2 Å². The van der Waals surface area contributed by atoms with Crippen LogP contribution in [0.1, 0.15) is 37.8 Å². The molecular weight excluding hydrogens is 1110 g/mol. The lowest BCUT2D eigenvalue weighted by atomic mass is 9.99. The van der Waals surface area contributed by atoms with Crippen molar-refractivity contribution in [2.45, 2.75) is 39.5 Å². The Balaban J connectivity index is 0.997. The summed E-state index contributed by atoms with van der Waals surface area (Å²) in [5, 5.41) is 4.76. The summed E-state index contributed by atoms with van der Waals surface area (Å²) in [7, 11) is 0. The number of nitrogens with zero attached hydrogens (tertiary/aromatic N) is 3. The second kappa shape index (κ2) is 22.8. The standard InChI is InChI=1S/C76H59Br2N3/c1-3-12-52-22-26-54(27-23-52)56-30-38-65(39-31-56)79(66-40-34-58(35-41-66)60-14-10-16-62(77)48-60)69-46-47-72-73(50-69)81(64-18-6-5-7-19-64)75-51-74(70-20-8-9-21-71(70)76(72)75)80(68-44-36-59(37-45-68)61-15-11-17-63(78)49-61)67-42-32-57(33-43-67)55-28-24-53(13-4-2)25-29-55/h5-11,14-51H,3-4,12-13H2,1-2H3. The molecule has 0 aliphatic carbocycles. The van der Waals surface area contributed by atoms with Crippen LogP contribution in [-0.2, 0) is 12.8 Å². The molecule has 81 heavy (non-hydrogen) atoms. The Kier molecular flexibility index (Phi) is 14.5. The Hall–Kier alpha value is -8.74. The predicted octanol–water partition coefficient (Wildman–Crippen LogP) is 23.0. The maximum atomic E-state index is 3.71. The molecule has 392 valence electrons. The van der Waals surface area contributed by atoms with Crippen LogP contribution in [0.4, 0.5) is 34.1 Å². The molecule has 0 N–H and O–H groups in total. The summed E-state index contributed by atoms with van der Waals surface area (Å²) in [4.78, 5) is 4.85. The molecule has 0 saturated heterocycles. The molecule has 13 rings (SSSR count). The molecule has 0 unspecified atom stereocenters. The van der Waals surface area contributed by atoms with E-state index in [1.165, 1.54) is 60.5 Å². The molecule has 0 amide bonds. The number of anilines is 6. The molecule has 0 aliphatic rings. The van der Waals surface area contributed by atoms with E-state index in [4.69, 9.17) is 0 Å². The summed E-state index contributed by atoms with van der Waals surface area (Å²) in [5.74, 6) is 0. The van der Waals surface area contributed by atoms with Crippen LogP contribution in [0.2, 0.25) is 0 Å². The topological polar surface area (TPSA) is 11.4 Å². The Morgan fingerprint density at radius 1 is 0.309 bits per heavy atom. The van der Waals surface area contributed by atoms with Crippen LogP contribution in [0.25, 0.3) is 82.8 Å². The van der Waals surface area contributed by atoms with Crippen LogP contribution in [0.15, 0.2) is 282 Å². The zero-order valence-corrected chi connectivity index (χ0v) is 48.6. The fraction of sp³-hybridized carbons (Fsp3) is 0.0789. The van der Waals surface area contributed by atoms with Crippen LogP contribution >= 0.6 is 31.9 Å². The second-order valence-electron chi connectivity index (χ2n) is 21.0. The summed E-state index contributed by atoms with van der Waals surface area (Å²) in [6.45, 7) is 4.47. The van der Waals surface area contributed by atoms with Crippen molar-refractivity contribution >= 4 is 98.6 Å². The molecule has 0 radical (unpaired) electrons. The van der Waals surface area contributed by atoms with E-state index in [1.807, 2.05) is 0 Å². The molecule has 0 bridgehead atoms. The van der Waals surface area contributed by atoms with Crippen LogP contribution in [-0.4, -0.2) is 4.57 Å². The van der Waals surface area contributed by atoms with Crippen LogP contribution in [0.3, 0.4) is 0 Å². The van der Waals surface area contributed by atoms with Gasteiger partial charge in [-0.1, -0.05) is 228 Å². The number of fused-ring (bicyclic) bond motifs is 5. The first kappa shape index (κ1) is 51.7. The first-order chi connectivity index (χ1) is 39.9. The highest BCUT2D eigenvalue weighted by Crippen LogP contribution is 2.48. The largest absolute Gasteiger partial charge is 0.310 e. The van der Waals surface area contributed by atoms with Crippen molar-refractivity contribution in [1.82, 2.24) is 4.57 Å². The van der Waals surface area contributed by atoms with Gasteiger partial charge in [-0.05, 0) is 177 Å². The lowest BCUT2D eigenvalue weighted by Gasteiger charge is -2.28. The van der Waals surface area contributed by atoms with Gasteiger partial charge in [0, 0.05) is 59.2 Å². The maximum Gasteiger partial charge on any atom is 0.0568 e. The van der Waals surface area contributed by atoms with Gasteiger partial charge >= 0.3 is 0 Å². The van der Waals surface area contributed by atoms with Gasteiger partial charge in [-0.25, -0.2) is 0 Å². The fourth-order valence-corrected chi connectivity index (χ4v) is 12.6. The minimum absolute atomic E-state index is 1.06. The molecule has 13 aromatic rings. The summed E-state index contributed by atoms with van der Waals surface area (Å²) in [6.07, 6.45) is 4.44. The van der Waals surface area contributed by atoms with Crippen LogP contribution in [0, 0.1) is 0 Å². The first-order valence-corrected chi connectivity index (χ1v) is 29.7. The van der Waals surface area contributed by atoms with Gasteiger partial charge in [-0.15, -0.1) is 0 Å². The van der Waals surface area contributed by atoms with E-state index >= 15 is 0 Å². The third kappa shape index (κ3) is 10.4. The van der Waals surface area contributed by atoms with E-state index < -0.39 is 0 Å². The second-order valence-corrected chi connectivity index (χ2v) is 22.8. The molecule has 0 atom stereocenters. The first-order valence-electron chi connectivity index (χ1n) is 28.1. The zero-order valence-electron chi connectivity index (χ0n) is 45.4. The lowest BCUT2D eigenvalue weighted by Crippen LogP contribution is -2.11. The number of aryl methyl sites for hydroxylation is 2. The highest BCUT2D eigenvalue weighted by molar-refractivity contribution is 9.10. The number of hydrogen-bond donors (Lipinski definition) is 0. The minimum Gasteiger partial charge on any atom is -0.310 e. The van der Waals surface area contributed by atoms with Gasteiger partial charge in [0.1, 0.15) is 0 Å². The van der Waals surface area contributed by atoms with Crippen LogP contribution < -0.4 is 9.80 Å². The quantitative estimate of drug-likeness (QED) is 0.101. The highest BCUT2D eigenvalue weighted by atomic mass is 79.9. The normalized spacial score (nSPS) is 11.4. The molecule has 12 aromatic carbocycles. The van der Waals surface area contributed by atoms with Crippen molar-refractivity contribution < 1.29 is 0 Å². The van der Waals surface area contributed by atoms with E-state index in [2.05, 4.69) is 333 Å². The highest BCUT2D eigenvalue weighted by Gasteiger charge is 2.24. The van der Waals surface area contributed by atoms with E-state index in [0.717, 1.165) is 102 Å². The van der Waals surface area contributed by atoms with Gasteiger partial charge in [0.2, 0.25) is 0 Å². The van der Waals surface area contributed by atoms with Gasteiger partial charge in [0.05, 0.1) is 16.7 Å². The van der Waals surface area contributed by atoms with Gasteiger partial charge in [-0.3, -0.25) is 0 Å². The van der Waals surface area contributed by atoms with Crippen LogP contribution in [0.5, 0.6) is 0 Å². The Morgan fingerprint density at radius 3 is 1.17 bits per heavy atom. The molecule has 0 saturated carbocycles. The van der Waals surface area contributed by atoms with Gasteiger partial charge in [0.15, 0.2) is 0 Å². The number of rotatable bonds is 15. The number of para-hydroxylation sites is 1. The molecule has 1 heterocycles. The molecule has 0 spiro atoms. The average Bonchev–Trinajstić information content (AvgIpc) is 4.12. The molecule has 3 nitrogen and oxygen atoms in total. The minimum atomic E-state index is 1.06. The summed E-state index contributed by atoms with van der Waals surface area (Å²) < 4.78 is 4.59. The van der Waals surface area contributed by atoms with Gasteiger partial charge in [0.25, 0.3) is 0 Å². The van der Waals surface area contributed by atoms with Crippen molar-refractivity contribution in [2.24, 2.45) is 0 Å². The Labute approximate surface area is 492 Å². The summed E-state index contributed by atoms with van der Waals surface area (Å²) in [6, 6.07) is 101. The number of hydrogen-bond acceptors (Lipinski definition) is 2. The molecule has 5 heteroatoms. The third-order valence-corrected chi connectivity index (χ3v) is 16.7. The maximum absolute atomic E-state index is 3.71. The van der Waals surface area contributed by atoms with E-state index in [0.29, 0.717) is 0 Å². The average molecular weight is 1170 g/mol. The molecule has 0 aliphatic heterocycles.